The standard InChI is InChI=1S/C14H16ClNO2/c1-10(8-11-2-4-12(15)5-3-11)14(18)16-7-6-13(17)9-16/h2-5,8,13,17H,6-7,9H2,1H3/b10-8-/t13-/m0/s1. The number of aliphatic hydroxyl groups is 1. The Labute approximate surface area is 112 Å². The summed E-state index contributed by atoms with van der Waals surface area (Å²) in [6, 6.07) is 7.34. The number of aliphatic hydroxyl groups excluding tert-OH is 1. The van der Waals surface area contributed by atoms with Gasteiger partial charge in [-0.3, -0.25) is 4.79 Å². The van der Waals surface area contributed by atoms with Gasteiger partial charge in [0.05, 0.1) is 6.10 Å². The summed E-state index contributed by atoms with van der Waals surface area (Å²) in [7, 11) is 0. The smallest absolute Gasteiger partial charge is 0.249 e. The van der Waals surface area contributed by atoms with Crippen LogP contribution in [0.5, 0.6) is 0 Å². The maximum absolute atomic E-state index is 12.1. The molecular weight excluding hydrogens is 250 g/mol. The highest BCUT2D eigenvalue weighted by molar-refractivity contribution is 6.30. The van der Waals surface area contributed by atoms with Crippen molar-refractivity contribution in [2.45, 2.75) is 19.4 Å². The number of rotatable bonds is 2. The van der Waals surface area contributed by atoms with Crippen LogP contribution in [0.3, 0.4) is 0 Å². The zero-order valence-electron chi connectivity index (χ0n) is 10.3. The summed E-state index contributed by atoms with van der Waals surface area (Å²) in [5.74, 6) is -0.0125. The summed E-state index contributed by atoms with van der Waals surface area (Å²) in [5.41, 5.74) is 1.62. The molecule has 0 unspecified atom stereocenters. The van der Waals surface area contributed by atoms with Crippen molar-refractivity contribution in [3.63, 3.8) is 0 Å². The minimum absolute atomic E-state index is 0.0125. The van der Waals surface area contributed by atoms with Crippen LogP contribution in [0.4, 0.5) is 0 Å². The molecule has 0 radical (unpaired) electrons. The fourth-order valence-corrected chi connectivity index (χ4v) is 2.17. The molecule has 1 saturated heterocycles. The van der Waals surface area contributed by atoms with E-state index in [-0.39, 0.29) is 12.0 Å². The van der Waals surface area contributed by atoms with Crippen LogP contribution in [0.2, 0.25) is 5.02 Å². The lowest BCUT2D eigenvalue weighted by molar-refractivity contribution is -0.126. The third kappa shape index (κ3) is 3.12. The normalized spacial score (nSPS) is 20.3. The highest BCUT2D eigenvalue weighted by Crippen LogP contribution is 2.16. The zero-order chi connectivity index (χ0) is 13.1. The third-order valence-corrected chi connectivity index (χ3v) is 3.29. The average molecular weight is 266 g/mol. The van der Waals surface area contributed by atoms with E-state index in [9.17, 15) is 9.90 Å². The van der Waals surface area contributed by atoms with Gasteiger partial charge in [-0.15, -0.1) is 0 Å². The molecule has 4 heteroatoms. The summed E-state index contributed by atoms with van der Waals surface area (Å²) in [5, 5.41) is 10.1. The number of amides is 1. The van der Waals surface area contributed by atoms with E-state index in [1.165, 1.54) is 0 Å². The van der Waals surface area contributed by atoms with Crippen LogP contribution >= 0.6 is 11.6 Å². The van der Waals surface area contributed by atoms with E-state index in [4.69, 9.17) is 11.6 Å². The lowest BCUT2D eigenvalue weighted by Gasteiger charge is -2.15. The fraction of sp³-hybridized carbons (Fsp3) is 0.357. The van der Waals surface area contributed by atoms with Gasteiger partial charge in [0.2, 0.25) is 5.91 Å². The number of benzene rings is 1. The van der Waals surface area contributed by atoms with Gasteiger partial charge in [-0.05, 0) is 37.1 Å². The van der Waals surface area contributed by atoms with E-state index >= 15 is 0 Å². The first-order chi connectivity index (χ1) is 8.56. The van der Waals surface area contributed by atoms with Crippen molar-refractivity contribution < 1.29 is 9.90 Å². The first-order valence-electron chi connectivity index (χ1n) is 5.97. The van der Waals surface area contributed by atoms with E-state index in [1.807, 2.05) is 18.2 Å². The largest absolute Gasteiger partial charge is 0.391 e. The molecule has 18 heavy (non-hydrogen) atoms. The molecule has 1 aromatic carbocycles. The minimum Gasteiger partial charge on any atom is -0.391 e. The van der Waals surface area contributed by atoms with Gasteiger partial charge in [-0.2, -0.15) is 0 Å². The van der Waals surface area contributed by atoms with Crippen molar-refractivity contribution in [3.05, 3.63) is 40.4 Å². The lowest BCUT2D eigenvalue weighted by Crippen LogP contribution is -2.30. The highest BCUT2D eigenvalue weighted by Gasteiger charge is 2.24. The van der Waals surface area contributed by atoms with Crippen molar-refractivity contribution in [1.82, 2.24) is 4.90 Å². The number of nitrogens with zero attached hydrogens (tertiary/aromatic N) is 1. The maximum atomic E-state index is 12.1. The van der Waals surface area contributed by atoms with Gasteiger partial charge in [-0.25, -0.2) is 0 Å². The third-order valence-electron chi connectivity index (χ3n) is 3.04. The molecule has 96 valence electrons. The van der Waals surface area contributed by atoms with Gasteiger partial charge in [0.25, 0.3) is 0 Å². The summed E-state index contributed by atoms with van der Waals surface area (Å²) >= 11 is 5.81. The Morgan fingerprint density at radius 1 is 1.44 bits per heavy atom. The molecule has 2 rings (SSSR count). The molecule has 0 bridgehead atoms. The summed E-state index contributed by atoms with van der Waals surface area (Å²) in [6.07, 6.45) is 2.13. The minimum atomic E-state index is -0.378. The van der Waals surface area contributed by atoms with Crippen molar-refractivity contribution in [1.29, 1.82) is 0 Å². The second-order valence-electron chi connectivity index (χ2n) is 4.57. The molecule has 1 atom stereocenters. The Bertz CT molecular complexity index is 467. The molecule has 0 aromatic heterocycles. The number of β-amino-alcohol motifs (C(OH)–C–C–N with tert-alkyl or cyclic N) is 1. The predicted molar refractivity (Wildman–Crippen MR) is 72.3 cm³/mol. The molecule has 1 aliphatic heterocycles. The zero-order valence-corrected chi connectivity index (χ0v) is 11.0. The molecule has 1 fully saturated rings. The van der Waals surface area contributed by atoms with Gasteiger partial charge >= 0.3 is 0 Å². The Kier molecular flexibility index (Phi) is 4.04. The topological polar surface area (TPSA) is 40.5 Å². The van der Waals surface area contributed by atoms with E-state index < -0.39 is 0 Å². The molecule has 3 nitrogen and oxygen atoms in total. The van der Waals surface area contributed by atoms with Crippen LogP contribution in [0.15, 0.2) is 29.8 Å². The molecule has 0 saturated carbocycles. The van der Waals surface area contributed by atoms with Crippen LogP contribution in [0.25, 0.3) is 6.08 Å². The number of hydrogen-bond acceptors (Lipinski definition) is 2. The Morgan fingerprint density at radius 3 is 2.67 bits per heavy atom. The average Bonchev–Trinajstić information content (AvgIpc) is 2.78. The van der Waals surface area contributed by atoms with Crippen molar-refractivity contribution in [3.8, 4) is 0 Å². The molecular formula is C14H16ClNO2. The maximum Gasteiger partial charge on any atom is 0.249 e. The fourth-order valence-electron chi connectivity index (χ4n) is 2.05. The van der Waals surface area contributed by atoms with Crippen LogP contribution in [-0.2, 0) is 4.79 Å². The first kappa shape index (κ1) is 13.1. The van der Waals surface area contributed by atoms with Gasteiger partial charge < -0.3 is 10.0 Å². The van der Waals surface area contributed by atoms with Gasteiger partial charge in [0, 0.05) is 23.7 Å². The van der Waals surface area contributed by atoms with Gasteiger partial charge in [0.1, 0.15) is 0 Å². The van der Waals surface area contributed by atoms with Crippen LogP contribution in [-0.4, -0.2) is 35.1 Å². The summed E-state index contributed by atoms with van der Waals surface area (Å²) < 4.78 is 0. The molecule has 1 N–H and O–H groups in total. The van der Waals surface area contributed by atoms with E-state index in [0.29, 0.717) is 30.1 Å². The summed E-state index contributed by atoms with van der Waals surface area (Å²) in [6.45, 7) is 2.86. The number of carbonyl (C=O) groups excluding carboxylic acids is 1. The van der Waals surface area contributed by atoms with Gasteiger partial charge in [-0.1, -0.05) is 23.7 Å². The Hall–Kier alpha value is -1.32. The highest BCUT2D eigenvalue weighted by atomic mass is 35.5. The molecule has 0 aliphatic carbocycles. The SMILES string of the molecule is C/C(=C/c1ccc(Cl)cc1)C(=O)N1CC[C@H](O)C1. The lowest BCUT2D eigenvalue weighted by atomic mass is 10.1. The number of halogens is 1. The second kappa shape index (κ2) is 5.55. The predicted octanol–water partition coefficient (Wildman–Crippen LogP) is 2.34. The van der Waals surface area contributed by atoms with E-state index in [1.54, 1.807) is 24.0 Å². The van der Waals surface area contributed by atoms with Crippen molar-refractivity contribution in [2.24, 2.45) is 0 Å². The quantitative estimate of drug-likeness (QED) is 0.834. The Morgan fingerprint density at radius 2 is 2.11 bits per heavy atom. The van der Waals surface area contributed by atoms with Crippen molar-refractivity contribution >= 4 is 23.6 Å². The van der Waals surface area contributed by atoms with Crippen LogP contribution in [0.1, 0.15) is 18.9 Å². The van der Waals surface area contributed by atoms with E-state index in [2.05, 4.69) is 0 Å². The monoisotopic (exact) mass is 265 g/mol. The molecule has 0 spiro atoms. The Balaban J connectivity index is 2.08. The van der Waals surface area contributed by atoms with Gasteiger partial charge in [0.15, 0.2) is 0 Å². The second-order valence-corrected chi connectivity index (χ2v) is 5.01. The van der Waals surface area contributed by atoms with E-state index in [0.717, 1.165) is 5.56 Å². The number of carbonyl (C=O) groups is 1. The summed E-state index contributed by atoms with van der Waals surface area (Å²) in [4.78, 5) is 13.8. The molecule has 1 aromatic rings. The van der Waals surface area contributed by atoms with Crippen molar-refractivity contribution in [2.75, 3.05) is 13.1 Å². The molecule has 1 amide bonds. The molecule has 1 aliphatic rings. The number of likely N-dealkylation sites (tertiary alicyclic amines) is 1. The first-order valence-corrected chi connectivity index (χ1v) is 6.35. The van der Waals surface area contributed by atoms with Crippen LogP contribution < -0.4 is 0 Å². The number of hydrogen-bond donors (Lipinski definition) is 1. The molecule has 1 heterocycles. The van der Waals surface area contributed by atoms with Crippen LogP contribution in [0, 0.1) is 0 Å².